The fourth-order valence-corrected chi connectivity index (χ4v) is 6.50. The Balaban J connectivity index is 1.64. The fourth-order valence-electron chi connectivity index (χ4n) is 6.50. The lowest BCUT2D eigenvalue weighted by Gasteiger charge is -2.53. The molecule has 2 aliphatic carbocycles. The highest BCUT2D eigenvalue weighted by atomic mass is 19.4. The van der Waals surface area contributed by atoms with Crippen molar-refractivity contribution in [3.8, 4) is 11.1 Å². The number of halogens is 3. The maximum atomic E-state index is 13.8. The second-order valence-electron chi connectivity index (χ2n) is 9.27. The minimum absolute atomic E-state index is 0.286. The molecule has 1 aromatic heterocycles. The average molecular weight is 461 g/mol. The number of nitrogens with zero attached hydrogens (tertiary/aromatic N) is 3. The number of hydrogen-bond donors (Lipinski definition) is 0. The number of aromatic nitrogens is 3. The van der Waals surface area contributed by atoms with E-state index in [1.807, 2.05) is 48.5 Å². The Morgan fingerprint density at radius 2 is 1.18 bits per heavy atom. The van der Waals surface area contributed by atoms with Crippen molar-refractivity contribution in [2.45, 2.75) is 30.1 Å². The van der Waals surface area contributed by atoms with Crippen LogP contribution in [-0.4, -0.2) is 13.9 Å². The summed E-state index contributed by atoms with van der Waals surface area (Å²) in [6.45, 7) is 0. The third-order valence-electron chi connectivity index (χ3n) is 7.77. The van der Waals surface area contributed by atoms with E-state index in [1.54, 1.807) is 6.07 Å². The van der Waals surface area contributed by atoms with E-state index in [4.69, 9.17) is 0 Å². The van der Waals surface area contributed by atoms with E-state index in [9.17, 15) is 22.8 Å². The Bertz CT molecular complexity index is 1640. The molecular weight excluding hydrogens is 443 g/mol. The van der Waals surface area contributed by atoms with Crippen LogP contribution in [0.1, 0.15) is 51.7 Å². The van der Waals surface area contributed by atoms with Crippen LogP contribution in [0.15, 0.2) is 76.3 Å². The molecule has 2 unspecified atom stereocenters. The molecule has 3 aromatic carbocycles. The van der Waals surface area contributed by atoms with Gasteiger partial charge in [0.1, 0.15) is 0 Å². The normalized spacial score (nSPS) is 23.5. The Labute approximate surface area is 191 Å². The molecule has 4 atom stereocenters. The summed E-state index contributed by atoms with van der Waals surface area (Å²) in [5.74, 6) is -0.710. The second-order valence-corrected chi connectivity index (χ2v) is 9.27. The first-order valence-electron chi connectivity index (χ1n) is 11.1. The van der Waals surface area contributed by atoms with Gasteiger partial charge in [-0.2, -0.15) is 13.2 Å². The predicted molar refractivity (Wildman–Crippen MR) is 119 cm³/mol. The second kappa shape index (κ2) is 6.20. The van der Waals surface area contributed by atoms with E-state index in [-0.39, 0.29) is 5.92 Å². The van der Waals surface area contributed by atoms with E-state index in [0.29, 0.717) is 5.56 Å². The number of alkyl halides is 3. The predicted octanol–water partition coefficient (Wildman–Crippen LogP) is 4.42. The first-order valence-corrected chi connectivity index (χ1v) is 11.1. The highest BCUT2D eigenvalue weighted by Crippen LogP contribution is 2.63. The van der Waals surface area contributed by atoms with E-state index in [0.717, 1.165) is 38.5 Å². The van der Waals surface area contributed by atoms with E-state index < -0.39 is 41.1 Å². The third-order valence-corrected chi connectivity index (χ3v) is 7.77. The van der Waals surface area contributed by atoms with Crippen molar-refractivity contribution in [3.63, 3.8) is 0 Å². The van der Waals surface area contributed by atoms with Gasteiger partial charge in [-0.15, -0.1) is 0 Å². The van der Waals surface area contributed by atoms with Crippen LogP contribution in [0.25, 0.3) is 11.1 Å². The summed E-state index contributed by atoms with van der Waals surface area (Å²) in [6.07, 6.45) is -4.49. The van der Waals surface area contributed by atoms with Crippen molar-refractivity contribution in [1.82, 2.24) is 13.9 Å². The maximum absolute atomic E-state index is 13.8. The van der Waals surface area contributed by atoms with Crippen molar-refractivity contribution in [2.75, 3.05) is 0 Å². The summed E-state index contributed by atoms with van der Waals surface area (Å²) in [5, 5.41) is 0. The van der Waals surface area contributed by atoms with Crippen LogP contribution in [0.5, 0.6) is 0 Å². The zero-order valence-electron chi connectivity index (χ0n) is 18.0. The highest BCUT2D eigenvalue weighted by Gasteiger charge is 2.55. The van der Waals surface area contributed by atoms with Gasteiger partial charge < -0.3 is 0 Å². The van der Waals surface area contributed by atoms with Crippen molar-refractivity contribution in [3.05, 3.63) is 116 Å². The molecule has 0 spiro atoms. The molecular formula is C26H18F3N3O2. The SMILES string of the molecule is Cn1c(=O)n2n(c1=O)C1c3ccccc3C2[C@H]2c3ccccc3-c3ccc(C(F)(F)F)cc3[C@@H]12. The standard InChI is InChI=1S/C26H18F3N3O2/c1-30-24(33)31-22-17-8-4-5-9-18(17)23(32(31)25(30)34)21-19-12-13(26(27,28)29)10-11-15(19)14-6-2-3-7-16(14)20(21)22/h2-12,20-23H,1H3/t20-,21+,22?,23?/m0/s1. The largest absolute Gasteiger partial charge is 0.416 e. The van der Waals surface area contributed by atoms with Crippen molar-refractivity contribution >= 4 is 0 Å². The molecule has 2 bridgehead atoms. The van der Waals surface area contributed by atoms with Crippen LogP contribution in [0.3, 0.4) is 0 Å². The van der Waals surface area contributed by atoms with E-state index >= 15 is 0 Å². The Hall–Kier alpha value is -3.81. The molecule has 0 amide bonds. The number of fused-ring (bicyclic) bond motifs is 3. The number of hydrogen-bond acceptors (Lipinski definition) is 2. The van der Waals surface area contributed by atoms with Gasteiger partial charge in [0, 0.05) is 18.9 Å². The Morgan fingerprint density at radius 3 is 1.76 bits per heavy atom. The molecule has 2 aliphatic heterocycles. The molecule has 4 aromatic rings. The highest BCUT2D eigenvalue weighted by molar-refractivity contribution is 5.77. The smallest absolute Gasteiger partial charge is 0.246 e. The van der Waals surface area contributed by atoms with Crippen LogP contribution < -0.4 is 11.4 Å². The molecule has 8 heteroatoms. The van der Waals surface area contributed by atoms with Gasteiger partial charge >= 0.3 is 17.6 Å². The van der Waals surface area contributed by atoms with Gasteiger partial charge in [0.05, 0.1) is 17.6 Å². The van der Waals surface area contributed by atoms with Gasteiger partial charge in [0.25, 0.3) is 0 Å². The lowest BCUT2D eigenvalue weighted by molar-refractivity contribution is -0.137. The van der Waals surface area contributed by atoms with Crippen molar-refractivity contribution in [1.29, 1.82) is 0 Å². The van der Waals surface area contributed by atoms with Crippen molar-refractivity contribution < 1.29 is 13.2 Å². The molecule has 0 radical (unpaired) electrons. The summed E-state index contributed by atoms with van der Waals surface area (Å²) in [7, 11) is 1.44. The van der Waals surface area contributed by atoms with Gasteiger partial charge in [-0.1, -0.05) is 54.6 Å². The number of benzene rings is 3. The van der Waals surface area contributed by atoms with Gasteiger partial charge in [-0.3, -0.25) is 0 Å². The molecule has 0 saturated heterocycles. The van der Waals surface area contributed by atoms with Crippen LogP contribution in [0.4, 0.5) is 13.2 Å². The first-order chi connectivity index (χ1) is 16.3. The molecule has 0 saturated carbocycles. The molecule has 5 nitrogen and oxygen atoms in total. The van der Waals surface area contributed by atoms with Crippen LogP contribution in [0.2, 0.25) is 0 Å². The van der Waals surface area contributed by atoms with Crippen LogP contribution in [-0.2, 0) is 13.2 Å². The van der Waals surface area contributed by atoms with Gasteiger partial charge in [-0.05, 0) is 45.5 Å². The lowest BCUT2D eigenvalue weighted by Crippen LogP contribution is -2.51. The van der Waals surface area contributed by atoms with E-state index in [1.165, 1.54) is 22.5 Å². The van der Waals surface area contributed by atoms with Gasteiger partial charge in [0.2, 0.25) is 0 Å². The molecule has 8 rings (SSSR count). The Morgan fingerprint density at radius 1 is 0.676 bits per heavy atom. The summed E-state index contributed by atoms with van der Waals surface area (Å²) in [5.41, 5.74) is 3.40. The fraction of sp³-hybridized carbons (Fsp3) is 0.231. The molecule has 170 valence electrons. The van der Waals surface area contributed by atoms with E-state index in [2.05, 4.69) is 0 Å². The number of rotatable bonds is 0. The van der Waals surface area contributed by atoms with Crippen molar-refractivity contribution in [2.24, 2.45) is 7.05 Å². The summed E-state index contributed by atoms with van der Waals surface area (Å²) in [6, 6.07) is 18.2. The lowest BCUT2D eigenvalue weighted by atomic mass is 9.59. The summed E-state index contributed by atoms with van der Waals surface area (Å²) in [4.78, 5) is 26.4. The zero-order valence-corrected chi connectivity index (χ0v) is 18.0. The van der Waals surface area contributed by atoms with Crippen LogP contribution >= 0.6 is 0 Å². The summed E-state index contributed by atoms with van der Waals surface area (Å²) >= 11 is 0. The minimum Gasteiger partial charge on any atom is -0.246 e. The third kappa shape index (κ3) is 2.21. The topological polar surface area (TPSA) is 48.9 Å². The first kappa shape index (κ1) is 19.6. The average Bonchev–Trinajstić information content (AvgIpc) is 3.07. The van der Waals surface area contributed by atoms with Gasteiger partial charge in [-0.25, -0.2) is 23.5 Å². The minimum atomic E-state index is -4.49. The zero-order chi connectivity index (χ0) is 23.5. The maximum Gasteiger partial charge on any atom is 0.416 e. The summed E-state index contributed by atoms with van der Waals surface area (Å²) < 4.78 is 45.4. The molecule has 0 N–H and O–H groups in total. The molecule has 4 aliphatic rings. The monoisotopic (exact) mass is 461 g/mol. The molecule has 3 heterocycles. The molecule has 0 fully saturated rings. The Kier molecular flexibility index (Phi) is 3.58. The quantitative estimate of drug-likeness (QED) is 0.389. The molecule has 34 heavy (non-hydrogen) atoms. The van der Waals surface area contributed by atoms with Crippen LogP contribution in [0, 0.1) is 0 Å². The van der Waals surface area contributed by atoms with Gasteiger partial charge in [0.15, 0.2) is 0 Å².